The van der Waals surface area contributed by atoms with Crippen molar-refractivity contribution in [1.29, 1.82) is 0 Å². The third kappa shape index (κ3) is 2.98. The average molecular weight is 363 g/mol. The van der Waals surface area contributed by atoms with Crippen molar-refractivity contribution < 1.29 is 17.2 Å². The van der Waals surface area contributed by atoms with Crippen LogP contribution in [0.4, 0.5) is 8.78 Å². The molecule has 0 spiro atoms. The third-order valence-corrected chi connectivity index (χ3v) is 7.00. The van der Waals surface area contributed by atoms with E-state index in [4.69, 9.17) is 0 Å². The lowest BCUT2D eigenvalue weighted by Gasteiger charge is -2.35. The summed E-state index contributed by atoms with van der Waals surface area (Å²) in [6.07, 6.45) is 4.10. The molecular weight excluding hydrogens is 344 g/mol. The van der Waals surface area contributed by atoms with E-state index in [-0.39, 0.29) is 12.1 Å². The van der Waals surface area contributed by atoms with Crippen LogP contribution in [0.3, 0.4) is 0 Å². The summed E-state index contributed by atoms with van der Waals surface area (Å²) in [6, 6.07) is 10.1. The van der Waals surface area contributed by atoms with E-state index in [1.54, 1.807) is 0 Å². The minimum Gasteiger partial charge on any atom is -0.207 e. The number of benzene rings is 2. The van der Waals surface area contributed by atoms with E-state index in [9.17, 15) is 17.2 Å². The Morgan fingerprint density at radius 3 is 2.48 bits per heavy atom. The Bertz CT molecular complexity index is 909. The average Bonchev–Trinajstić information content (AvgIpc) is 3.39. The lowest BCUT2D eigenvalue weighted by atomic mass is 9.87. The van der Waals surface area contributed by atoms with Crippen LogP contribution in [0.1, 0.15) is 42.9 Å². The molecule has 0 saturated heterocycles. The predicted molar refractivity (Wildman–Crippen MR) is 90.5 cm³/mol. The monoisotopic (exact) mass is 363 g/mol. The molecule has 0 radical (unpaired) electrons. The highest BCUT2D eigenvalue weighted by molar-refractivity contribution is 7.89. The molecule has 6 heteroatoms. The fourth-order valence-electron chi connectivity index (χ4n) is 3.74. The lowest BCUT2D eigenvalue weighted by molar-refractivity contribution is 0.285. The SMILES string of the molecule is O=S(=O)(c1ccc(F)cc1F)N(C1CC1)C1CCCc2ccccc21. The molecule has 1 unspecified atom stereocenters. The number of fused-ring (bicyclic) bond motifs is 1. The van der Waals surface area contributed by atoms with Crippen molar-refractivity contribution in [2.24, 2.45) is 0 Å². The highest BCUT2D eigenvalue weighted by Crippen LogP contribution is 2.44. The zero-order chi connectivity index (χ0) is 17.6. The summed E-state index contributed by atoms with van der Waals surface area (Å²) in [5.74, 6) is -1.81. The molecule has 132 valence electrons. The van der Waals surface area contributed by atoms with Crippen molar-refractivity contribution >= 4 is 10.0 Å². The molecule has 2 aliphatic carbocycles. The van der Waals surface area contributed by atoms with Crippen molar-refractivity contribution in [2.45, 2.75) is 49.1 Å². The van der Waals surface area contributed by atoms with Crippen molar-refractivity contribution in [3.05, 3.63) is 65.2 Å². The maximum Gasteiger partial charge on any atom is 0.246 e. The summed E-state index contributed by atoms with van der Waals surface area (Å²) in [7, 11) is -4.04. The van der Waals surface area contributed by atoms with E-state index in [1.165, 1.54) is 4.31 Å². The van der Waals surface area contributed by atoms with Crippen molar-refractivity contribution in [1.82, 2.24) is 4.31 Å². The van der Waals surface area contributed by atoms with Gasteiger partial charge in [-0.2, -0.15) is 4.31 Å². The Kier molecular flexibility index (Phi) is 4.12. The van der Waals surface area contributed by atoms with Crippen LogP contribution in [0.15, 0.2) is 47.4 Å². The third-order valence-electron chi connectivity index (χ3n) is 5.00. The van der Waals surface area contributed by atoms with Crippen molar-refractivity contribution in [3.63, 3.8) is 0 Å². The Morgan fingerprint density at radius 1 is 1.00 bits per heavy atom. The molecule has 4 rings (SSSR count). The molecular formula is C19H19F2NO2S. The maximum atomic E-state index is 14.2. The summed E-state index contributed by atoms with van der Waals surface area (Å²) in [5.41, 5.74) is 2.16. The normalized spacial score (nSPS) is 20.5. The van der Waals surface area contributed by atoms with E-state index in [2.05, 4.69) is 0 Å². The first kappa shape index (κ1) is 16.7. The molecule has 0 aliphatic heterocycles. The summed E-state index contributed by atoms with van der Waals surface area (Å²) < 4.78 is 55.3. The van der Waals surface area contributed by atoms with Crippen molar-refractivity contribution in [2.75, 3.05) is 0 Å². The van der Waals surface area contributed by atoms with Gasteiger partial charge in [0.2, 0.25) is 10.0 Å². The molecule has 25 heavy (non-hydrogen) atoms. The largest absolute Gasteiger partial charge is 0.246 e. The zero-order valence-electron chi connectivity index (χ0n) is 13.7. The zero-order valence-corrected chi connectivity index (χ0v) is 14.5. The van der Waals surface area contributed by atoms with Gasteiger partial charge in [-0.1, -0.05) is 24.3 Å². The molecule has 2 aliphatic rings. The standard InChI is InChI=1S/C19H19F2NO2S/c20-14-8-11-19(17(21)12-14)25(23,24)22(15-9-10-15)18-7-3-5-13-4-1-2-6-16(13)18/h1-2,4,6,8,11-12,15,18H,3,5,7,9-10H2. The van der Waals surface area contributed by atoms with Crippen LogP contribution in [0.2, 0.25) is 0 Å². The summed E-state index contributed by atoms with van der Waals surface area (Å²) in [5, 5.41) is 0. The number of rotatable bonds is 4. The van der Waals surface area contributed by atoms with Gasteiger partial charge in [-0.3, -0.25) is 0 Å². The van der Waals surface area contributed by atoms with Gasteiger partial charge in [-0.15, -0.1) is 0 Å². The topological polar surface area (TPSA) is 37.4 Å². The molecule has 1 fully saturated rings. The Hall–Kier alpha value is -1.79. The fraction of sp³-hybridized carbons (Fsp3) is 0.368. The number of halogens is 2. The first-order valence-corrected chi connectivity index (χ1v) is 9.99. The quantitative estimate of drug-likeness (QED) is 0.817. The van der Waals surface area contributed by atoms with Gasteiger partial charge in [-0.25, -0.2) is 17.2 Å². The molecule has 0 aromatic heterocycles. The van der Waals surface area contributed by atoms with E-state index >= 15 is 0 Å². The first-order valence-electron chi connectivity index (χ1n) is 8.55. The molecule has 0 N–H and O–H groups in total. The van der Waals surface area contributed by atoms with E-state index in [1.807, 2.05) is 24.3 Å². The van der Waals surface area contributed by atoms with Gasteiger partial charge in [-0.05, 0) is 55.4 Å². The number of aryl methyl sites for hydroxylation is 1. The molecule has 2 aromatic rings. The van der Waals surface area contributed by atoms with Gasteiger partial charge in [0.15, 0.2) is 0 Å². The smallest absolute Gasteiger partial charge is 0.207 e. The van der Waals surface area contributed by atoms with Crippen LogP contribution in [-0.4, -0.2) is 18.8 Å². The minimum atomic E-state index is -4.04. The van der Waals surface area contributed by atoms with Gasteiger partial charge in [0.25, 0.3) is 0 Å². The number of hydrogen-bond donors (Lipinski definition) is 0. The highest BCUT2D eigenvalue weighted by Gasteiger charge is 2.45. The van der Waals surface area contributed by atoms with Crippen LogP contribution in [0.25, 0.3) is 0 Å². The molecule has 1 saturated carbocycles. The molecule has 0 bridgehead atoms. The van der Waals surface area contributed by atoms with Crippen LogP contribution >= 0.6 is 0 Å². The molecule has 2 aromatic carbocycles. The molecule has 1 atom stereocenters. The Morgan fingerprint density at radius 2 is 1.76 bits per heavy atom. The predicted octanol–water partition coefficient (Wildman–Crippen LogP) is 4.20. The second-order valence-corrected chi connectivity index (χ2v) is 8.56. The molecule has 3 nitrogen and oxygen atoms in total. The second kappa shape index (κ2) is 6.18. The lowest BCUT2D eigenvalue weighted by Crippen LogP contribution is -2.38. The Balaban J connectivity index is 1.80. The minimum absolute atomic E-state index is 0.106. The van der Waals surface area contributed by atoms with Crippen LogP contribution in [0.5, 0.6) is 0 Å². The van der Waals surface area contributed by atoms with Crippen molar-refractivity contribution in [3.8, 4) is 0 Å². The summed E-state index contributed by atoms with van der Waals surface area (Å²) in [4.78, 5) is -0.441. The first-order chi connectivity index (χ1) is 12.0. The number of hydrogen-bond acceptors (Lipinski definition) is 2. The Labute approximate surface area is 146 Å². The number of sulfonamides is 1. The van der Waals surface area contributed by atoms with Crippen LogP contribution in [-0.2, 0) is 16.4 Å². The van der Waals surface area contributed by atoms with Gasteiger partial charge in [0.05, 0.1) is 6.04 Å². The van der Waals surface area contributed by atoms with Gasteiger partial charge >= 0.3 is 0 Å². The number of nitrogens with zero attached hydrogens (tertiary/aromatic N) is 1. The maximum absolute atomic E-state index is 14.2. The fourth-order valence-corrected chi connectivity index (χ4v) is 5.67. The molecule has 0 heterocycles. The van der Waals surface area contributed by atoms with Gasteiger partial charge < -0.3 is 0 Å². The molecule has 0 amide bonds. The van der Waals surface area contributed by atoms with Gasteiger partial charge in [0, 0.05) is 12.1 Å². The van der Waals surface area contributed by atoms with Crippen LogP contribution in [0, 0.1) is 11.6 Å². The van der Waals surface area contributed by atoms with Crippen LogP contribution < -0.4 is 0 Å². The van der Waals surface area contributed by atoms with E-state index in [0.717, 1.165) is 55.4 Å². The second-order valence-electron chi connectivity index (χ2n) is 6.75. The summed E-state index contributed by atoms with van der Waals surface area (Å²) >= 11 is 0. The van der Waals surface area contributed by atoms with Gasteiger partial charge in [0.1, 0.15) is 16.5 Å². The summed E-state index contributed by atoms with van der Waals surface area (Å²) in [6.45, 7) is 0. The van der Waals surface area contributed by atoms with E-state index < -0.39 is 26.6 Å². The van der Waals surface area contributed by atoms with E-state index in [0.29, 0.717) is 6.07 Å². The highest BCUT2D eigenvalue weighted by atomic mass is 32.2.